The predicted octanol–water partition coefficient (Wildman–Crippen LogP) is 3.63. The molecule has 1 amide bonds. The summed E-state index contributed by atoms with van der Waals surface area (Å²) in [6.45, 7) is -0.352. The number of amides is 1. The maximum Gasteiger partial charge on any atom is 0.338 e. The highest BCUT2D eigenvalue weighted by Gasteiger charge is 2.11. The molecule has 25 heavy (non-hydrogen) atoms. The summed E-state index contributed by atoms with van der Waals surface area (Å²) in [5, 5.41) is 2.65. The topological polar surface area (TPSA) is 84.1 Å². The van der Waals surface area contributed by atoms with E-state index in [2.05, 4.69) is 31.2 Å². The minimum Gasteiger partial charge on any atom is -0.452 e. The van der Waals surface area contributed by atoms with Crippen LogP contribution in [-0.4, -0.2) is 28.5 Å². The molecular weight excluding hydrogens is 386 g/mol. The van der Waals surface area contributed by atoms with Gasteiger partial charge in [0.05, 0.1) is 5.56 Å². The van der Waals surface area contributed by atoms with E-state index < -0.39 is 11.9 Å². The monoisotopic (exact) mass is 399 g/mol. The van der Waals surface area contributed by atoms with Gasteiger partial charge in [-0.1, -0.05) is 28.1 Å². The molecule has 3 aromatic rings. The molecule has 0 fully saturated rings. The summed E-state index contributed by atoms with van der Waals surface area (Å²) in [6.07, 6.45) is 3.38. The molecular formula is C18H14BrN3O3. The van der Waals surface area contributed by atoms with Crippen molar-refractivity contribution < 1.29 is 14.3 Å². The van der Waals surface area contributed by atoms with Crippen LogP contribution in [0.1, 0.15) is 10.4 Å². The number of hydrogen-bond donors (Lipinski definition) is 2. The van der Waals surface area contributed by atoms with Gasteiger partial charge in [0.2, 0.25) is 0 Å². The lowest BCUT2D eigenvalue weighted by Gasteiger charge is -2.07. The zero-order chi connectivity index (χ0) is 17.6. The average Bonchev–Trinajstić information content (AvgIpc) is 3.16. The second kappa shape index (κ2) is 7.76. The number of carbonyl (C=O) groups is 2. The molecule has 7 heteroatoms. The standard InChI is InChI=1S/C18H14BrN3O3/c19-14-5-7-15(8-6-14)22-16(23)11-25-18(24)13-3-1-12(2-4-13)17-20-9-10-21-17/h1-10H,11H2,(H,20,21)(H,22,23). The van der Waals surface area contributed by atoms with Gasteiger partial charge < -0.3 is 15.0 Å². The van der Waals surface area contributed by atoms with E-state index >= 15 is 0 Å². The Hall–Kier alpha value is -2.93. The number of rotatable bonds is 5. The number of aromatic nitrogens is 2. The number of aromatic amines is 1. The number of carbonyl (C=O) groups excluding carboxylic acids is 2. The van der Waals surface area contributed by atoms with Crippen LogP contribution in [0.25, 0.3) is 11.4 Å². The highest BCUT2D eigenvalue weighted by Crippen LogP contribution is 2.16. The van der Waals surface area contributed by atoms with E-state index in [-0.39, 0.29) is 6.61 Å². The van der Waals surface area contributed by atoms with E-state index in [4.69, 9.17) is 4.74 Å². The average molecular weight is 400 g/mol. The fraction of sp³-hybridized carbons (Fsp3) is 0.0556. The zero-order valence-corrected chi connectivity index (χ0v) is 14.6. The Morgan fingerprint density at radius 3 is 2.44 bits per heavy atom. The molecule has 0 unspecified atom stereocenters. The summed E-state index contributed by atoms with van der Waals surface area (Å²) >= 11 is 3.32. The zero-order valence-electron chi connectivity index (χ0n) is 13.0. The highest BCUT2D eigenvalue weighted by atomic mass is 79.9. The number of ether oxygens (including phenoxy) is 1. The number of anilines is 1. The van der Waals surface area contributed by atoms with Crippen LogP contribution in [-0.2, 0) is 9.53 Å². The highest BCUT2D eigenvalue weighted by molar-refractivity contribution is 9.10. The largest absolute Gasteiger partial charge is 0.452 e. The van der Waals surface area contributed by atoms with E-state index in [1.807, 2.05) is 12.1 Å². The molecule has 2 N–H and O–H groups in total. The smallest absolute Gasteiger partial charge is 0.338 e. The van der Waals surface area contributed by atoms with Gasteiger partial charge in [-0.05, 0) is 36.4 Å². The second-order valence-corrected chi connectivity index (χ2v) is 6.06. The van der Waals surface area contributed by atoms with E-state index in [1.54, 1.807) is 48.8 Å². The third-order valence-electron chi connectivity index (χ3n) is 3.35. The van der Waals surface area contributed by atoms with Crippen LogP contribution in [0.5, 0.6) is 0 Å². The summed E-state index contributed by atoms with van der Waals surface area (Å²) in [7, 11) is 0. The fourth-order valence-electron chi connectivity index (χ4n) is 2.13. The molecule has 0 radical (unpaired) electrons. The first-order chi connectivity index (χ1) is 12.1. The van der Waals surface area contributed by atoms with Crippen molar-refractivity contribution in [1.82, 2.24) is 9.97 Å². The Morgan fingerprint density at radius 1 is 1.08 bits per heavy atom. The molecule has 0 saturated heterocycles. The van der Waals surface area contributed by atoms with Gasteiger partial charge in [-0.3, -0.25) is 4.79 Å². The van der Waals surface area contributed by atoms with Gasteiger partial charge in [0.25, 0.3) is 5.91 Å². The number of benzene rings is 2. The van der Waals surface area contributed by atoms with Crippen LogP contribution in [0.15, 0.2) is 65.4 Å². The lowest BCUT2D eigenvalue weighted by molar-refractivity contribution is -0.119. The maximum absolute atomic E-state index is 12.0. The van der Waals surface area contributed by atoms with Crippen LogP contribution in [0, 0.1) is 0 Å². The van der Waals surface area contributed by atoms with Gasteiger partial charge in [-0.15, -0.1) is 0 Å². The Balaban J connectivity index is 1.53. The summed E-state index contributed by atoms with van der Waals surface area (Å²) in [5.74, 6) is -0.242. The maximum atomic E-state index is 12.0. The van der Waals surface area contributed by atoms with Crippen molar-refractivity contribution in [3.05, 3.63) is 71.0 Å². The number of hydrogen-bond acceptors (Lipinski definition) is 4. The lowest BCUT2D eigenvalue weighted by Crippen LogP contribution is -2.20. The normalized spacial score (nSPS) is 10.3. The third-order valence-corrected chi connectivity index (χ3v) is 3.88. The van der Waals surface area contributed by atoms with Crippen LogP contribution in [0.2, 0.25) is 0 Å². The lowest BCUT2D eigenvalue weighted by atomic mass is 10.1. The van der Waals surface area contributed by atoms with Gasteiger partial charge in [0.1, 0.15) is 5.82 Å². The van der Waals surface area contributed by atoms with Gasteiger partial charge in [0, 0.05) is 28.1 Å². The molecule has 0 atom stereocenters. The van der Waals surface area contributed by atoms with E-state index in [0.717, 1.165) is 10.0 Å². The van der Waals surface area contributed by atoms with E-state index in [1.165, 1.54) is 0 Å². The van der Waals surface area contributed by atoms with Crippen LogP contribution >= 0.6 is 15.9 Å². The molecule has 1 heterocycles. The summed E-state index contributed by atoms with van der Waals surface area (Å²) in [5.41, 5.74) is 1.85. The number of H-pyrrole nitrogens is 1. The Kier molecular flexibility index (Phi) is 5.25. The summed E-state index contributed by atoms with van der Waals surface area (Å²) in [6, 6.07) is 13.9. The first-order valence-electron chi connectivity index (χ1n) is 7.44. The van der Waals surface area contributed by atoms with Gasteiger partial charge in [-0.2, -0.15) is 0 Å². The Morgan fingerprint density at radius 2 is 1.80 bits per heavy atom. The molecule has 0 aliphatic carbocycles. The van der Waals surface area contributed by atoms with Crippen molar-refractivity contribution in [2.45, 2.75) is 0 Å². The fourth-order valence-corrected chi connectivity index (χ4v) is 2.40. The molecule has 6 nitrogen and oxygen atoms in total. The molecule has 0 aliphatic heterocycles. The molecule has 2 aromatic carbocycles. The second-order valence-electron chi connectivity index (χ2n) is 5.15. The quantitative estimate of drug-likeness (QED) is 0.641. The van der Waals surface area contributed by atoms with E-state index in [0.29, 0.717) is 17.1 Å². The number of imidazole rings is 1. The van der Waals surface area contributed by atoms with Crippen molar-refractivity contribution in [3.8, 4) is 11.4 Å². The van der Waals surface area contributed by atoms with Crippen molar-refractivity contribution in [2.75, 3.05) is 11.9 Å². The first kappa shape index (κ1) is 16.9. The van der Waals surface area contributed by atoms with Crippen molar-refractivity contribution in [3.63, 3.8) is 0 Å². The molecule has 0 spiro atoms. The van der Waals surface area contributed by atoms with Crippen LogP contribution < -0.4 is 5.32 Å². The summed E-state index contributed by atoms with van der Waals surface area (Å²) < 4.78 is 5.94. The van der Waals surface area contributed by atoms with Gasteiger partial charge in [-0.25, -0.2) is 9.78 Å². The van der Waals surface area contributed by atoms with Crippen molar-refractivity contribution in [2.24, 2.45) is 0 Å². The number of nitrogens with zero attached hydrogens (tertiary/aromatic N) is 1. The van der Waals surface area contributed by atoms with Gasteiger partial charge in [0.15, 0.2) is 6.61 Å². The number of halogens is 1. The van der Waals surface area contributed by atoms with Crippen LogP contribution in [0.4, 0.5) is 5.69 Å². The predicted molar refractivity (Wildman–Crippen MR) is 97.1 cm³/mol. The molecule has 0 aliphatic rings. The minimum absolute atomic E-state index is 0.352. The SMILES string of the molecule is O=C(COC(=O)c1ccc(-c2ncc[nH]2)cc1)Nc1ccc(Br)cc1. The van der Waals surface area contributed by atoms with E-state index in [9.17, 15) is 9.59 Å². The van der Waals surface area contributed by atoms with Gasteiger partial charge >= 0.3 is 5.97 Å². The molecule has 126 valence electrons. The van der Waals surface area contributed by atoms with Crippen LogP contribution in [0.3, 0.4) is 0 Å². The van der Waals surface area contributed by atoms with Crippen molar-refractivity contribution in [1.29, 1.82) is 0 Å². The molecule has 0 bridgehead atoms. The molecule has 1 aromatic heterocycles. The Labute approximate surface area is 152 Å². The van der Waals surface area contributed by atoms with Crippen molar-refractivity contribution >= 4 is 33.5 Å². The number of nitrogens with one attached hydrogen (secondary N) is 2. The third kappa shape index (κ3) is 4.54. The Bertz CT molecular complexity index is 860. The molecule has 0 saturated carbocycles. The molecule has 3 rings (SSSR count). The number of esters is 1. The first-order valence-corrected chi connectivity index (χ1v) is 8.23. The summed E-state index contributed by atoms with van der Waals surface area (Å²) in [4.78, 5) is 31.0. The minimum atomic E-state index is -0.558.